The first-order chi connectivity index (χ1) is 9.66. The Balaban J connectivity index is 1.90. The van der Waals surface area contributed by atoms with E-state index in [1.165, 1.54) is 17.2 Å². The third-order valence-electron chi connectivity index (χ3n) is 3.93. The first-order valence-corrected chi connectivity index (χ1v) is 7.51. The molecular formula is C17H14BrFO. The van der Waals surface area contributed by atoms with Crippen LogP contribution in [0.3, 0.4) is 0 Å². The number of Topliss-reactive ketones (excluding diaryl/α,β-unsaturated/α-hetero) is 1. The Bertz CT molecular complexity index is 646. The van der Waals surface area contributed by atoms with Gasteiger partial charge in [-0.25, -0.2) is 4.39 Å². The van der Waals surface area contributed by atoms with E-state index >= 15 is 0 Å². The van der Waals surface area contributed by atoms with E-state index in [1.807, 2.05) is 12.1 Å². The maximum Gasteiger partial charge on any atom is 0.170 e. The maximum absolute atomic E-state index is 13.9. The number of benzene rings is 2. The van der Waals surface area contributed by atoms with Crippen molar-refractivity contribution >= 4 is 21.7 Å². The zero-order chi connectivity index (χ0) is 14.1. The van der Waals surface area contributed by atoms with Crippen molar-refractivity contribution in [1.29, 1.82) is 0 Å². The third-order valence-corrected chi connectivity index (χ3v) is 4.59. The minimum absolute atomic E-state index is 0.0931. The van der Waals surface area contributed by atoms with Crippen LogP contribution in [0.4, 0.5) is 4.39 Å². The maximum atomic E-state index is 13.9. The standard InChI is InChI=1S/C17H14BrFO/c18-14-6-3-7-15(19)16(14)17(20)13-9-8-11-4-1-2-5-12(11)10-13/h1-7,13H,8-10H2. The van der Waals surface area contributed by atoms with Crippen LogP contribution in [-0.2, 0) is 12.8 Å². The average molecular weight is 333 g/mol. The summed E-state index contributed by atoms with van der Waals surface area (Å²) in [6, 6.07) is 12.8. The highest BCUT2D eigenvalue weighted by molar-refractivity contribution is 9.10. The summed E-state index contributed by atoms with van der Waals surface area (Å²) < 4.78 is 14.4. The van der Waals surface area contributed by atoms with Crippen molar-refractivity contribution in [3.05, 3.63) is 69.4 Å². The van der Waals surface area contributed by atoms with E-state index in [1.54, 1.807) is 12.1 Å². The first kappa shape index (κ1) is 13.5. The van der Waals surface area contributed by atoms with E-state index in [-0.39, 0.29) is 17.3 Å². The molecule has 1 nitrogen and oxygen atoms in total. The Labute approximate surface area is 126 Å². The van der Waals surface area contributed by atoms with Crippen molar-refractivity contribution in [3.8, 4) is 0 Å². The largest absolute Gasteiger partial charge is 0.294 e. The number of ketones is 1. The lowest BCUT2D eigenvalue weighted by Gasteiger charge is -2.24. The number of carbonyl (C=O) groups is 1. The summed E-state index contributed by atoms with van der Waals surface area (Å²) in [5.41, 5.74) is 2.71. The van der Waals surface area contributed by atoms with Crippen molar-refractivity contribution in [2.75, 3.05) is 0 Å². The smallest absolute Gasteiger partial charge is 0.170 e. The zero-order valence-corrected chi connectivity index (χ0v) is 12.5. The van der Waals surface area contributed by atoms with Crippen molar-refractivity contribution in [1.82, 2.24) is 0 Å². The summed E-state index contributed by atoms with van der Waals surface area (Å²) in [6.07, 6.45) is 2.38. The molecule has 0 aromatic heterocycles. The van der Waals surface area contributed by atoms with Gasteiger partial charge in [-0.3, -0.25) is 4.79 Å². The van der Waals surface area contributed by atoms with Crippen LogP contribution in [0, 0.1) is 11.7 Å². The van der Waals surface area contributed by atoms with Gasteiger partial charge in [0.25, 0.3) is 0 Å². The molecule has 1 unspecified atom stereocenters. The minimum atomic E-state index is -0.441. The van der Waals surface area contributed by atoms with Gasteiger partial charge in [-0.05, 0) is 58.5 Å². The van der Waals surface area contributed by atoms with E-state index < -0.39 is 5.82 Å². The van der Waals surface area contributed by atoms with Crippen LogP contribution in [0.5, 0.6) is 0 Å². The molecule has 0 heterocycles. The molecule has 102 valence electrons. The molecule has 0 N–H and O–H groups in total. The van der Waals surface area contributed by atoms with Gasteiger partial charge in [0.05, 0.1) is 5.56 Å². The van der Waals surface area contributed by atoms with Gasteiger partial charge in [-0.15, -0.1) is 0 Å². The number of fused-ring (bicyclic) bond motifs is 1. The van der Waals surface area contributed by atoms with Gasteiger partial charge < -0.3 is 0 Å². The molecule has 20 heavy (non-hydrogen) atoms. The van der Waals surface area contributed by atoms with E-state index in [2.05, 4.69) is 28.1 Å². The monoisotopic (exact) mass is 332 g/mol. The molecule has 0 saturated heterocycles. The lowest BCUT2D eigenvalue weighted by molar-refractivity contribution is 0.0903. The third kappa shape index (κ3) is 2.42. The predicted molar refractivity (Wildman–Crippen MR) is 80.4 cm³/mol. The van der Waals surface area contributed by atoms with Crippen molar-refractivity contribution in [3.63, 3.8) is 0 Å². The molecule has 0 spiro atoms. The number of aryl methyl sites for hydroxylation is 1. The SMILES string of the molecule is O=C(c1c(F)cccc1Br)C1CCc2ccccc2C1. The Morgan fingerprint density at radius 1 is 1.10 bits per heavy atom. The zero-order valence-electron chi connectivity index (χ0n) is 10.9. The second-order valence-electron chi connectivity index (χ2n) is 5.17. The Morgan fingerprint density at radius 2 is 1.85 bits per heavy atom. The van der Waals surface area contributed by atoms with Gasteiger partial charge in [0.1, 0.15) is 5.82 Å². The molecule has 0 amide bonds. The quantitative estimate of drug-likeness (QED) is 0.736. The molecule has 1 aliphatic carbocycles. The molecule has 3 heteroatoms. The summed E-state index contributed by atoms with van der Waals surface area (Å²) in [5, 5.41) is 0. The van der Waals surface area contributed by atoms with E-state index in [9.17, 15) is 9.18 Å². The van der Waals surface area contributed by atoms with Crippen LogP contribution in [0.1, 0.15) is 27.9 Å². The number of carbonyl (C=O) groups excluding carboxylic acids is 1. The van der Waals surface area contributed by atoms with Crippen LogP contribution in [-0.4, -0.2) is 5.78 Å². The van der Waals surface area contributed by atoms with E-state index in [4.69, 9.17) is 0 Å². The molecule has 0 bridgehead atoms. The van der Waals surface area contributed by atoms with Crippen LogP contribution >= 0.6 is 15.9 Å². The Kier molecular flexibility index (Phi) is 3.70. The van der Waals surface area contributed by atoms with Crippen molar-refractivity contribution in [2.24, 2.45) is 5.92 Å². The molecule has 0 aliphatic heterocycles. The summed E-state index contributed by atoms with van der Waals surface area (Å²) >= 11 is 3.29. The highest BCUT2D eigenvalue weighted by atomic mass is 79.9. The van der Waals surface area contributed by atoms with Gasteiger partial charge in [0.15, 0.2) is 5.78 Å². The molecule has 3 rings (SSSR count). The predicted octanol–water partition coefficient (Wildman–Crippen LogP) is 4.58. The molecule has 2 aromatic carbocycles. The first-order valence-electron chi connectivity index (χ1n) is 6.72. The topological polar surface area (TPSA) is 17.1 Å². The molecular weight excluding hydrogens is 319 g/mol. The van der Waals surface area contributed by atoms with Gasteiger partial charge in [-0.2, -0.15) is 0 Å². The number of hydrogen-bond acceptors (Lipinski definition) is 1. The molecule has 2 aromatic rings. The molecule has 0 saturated carbocycles. The highest BCUT2D eigenvalue weighted by Crippen LogP contribution is 2.30. The fourth-order valence-electron chi connectivity index (χ4n) is 2.86. The minimum Gasteiger partial charge on any atom is -0.294 e. The average Bonchev–Trinajstić information content (AvgIpc) is 2.46. The number of halogens is 2. The second kappa shape index (κ2) is 5.49. The Hall–Kier alpha value is -1.48. The fourth-order valence-corrected chi connectivity index (χ4v) is 3.40. The van der Waals surface area contributed by atoms with Gasteiger partial charge in [0.2, 0.25) is 0 Å². The highest BCUT2D eigenvalue weighted by Gasteiger charge is 2.28. The summed E-state index contributed by atoms with van der Waals surface area (Å²) in [5.74, 6) is -0.661. The van der Waals surface area contributed by atoms with Crippen LogP contribution in [0.25, 0.3) is 0 Å². The summed E-state index contributed by atoms with van der Waals surface area (Å²) in [7, 11) is 0. The van der Waals surface area contributed by atoms with Gasteiger partial charge in [0, 0.05) is 10.4 Å². The lowest BCUT2D eigenvalue weighted by atomic mass is 9.80. The van der Waals surface area contributed by atoms with Crippen molar-refractivity contribution < 1.29 is 9.18 Å². The van der Waals surface area contributed by atoms with Gasteiger partial charge in [-0.1, -0.05) is 30.3 Å². The summed E-state index contributed by atoms with van der Waals surface area (Å²) in [4.78, 5) is 12.6. The van der Waals surface area contributed by atoms with Crippen LogP contribution < -0.4 is 0 Å². The molecule has 0 fully saturated rings. The molecule has 0 radical (unpaired) electrons. The number of hydrogen-bond donors (Lipinski definition) is 0. The molecule has 1 aliphatic rings. The van der Waals surface area contributed by atoms with Crippen LogP contribution in [0.15, 0.2) is 46.9 Å². The Morgan fingerprint density at radius 3 is 2.60 bits per heavy atom. The van der Waals surface area contributed by atoms with Crippen LogP contribution in [0.2, 0.25) is 0 Å². The molecule has 1 atom stereocenters. The fraction of sp³-hybridized carbons (Fsp3) is 0.235. The van der Waals surface area contributed by atoms with Gasteiger partial charge >= 0.3 is 0 Å². The number of rotatable bonds is 2. The summed E-state index contributed by atoms with van der Waals surface area (Å²) in [6.45, 7) is 0. The second-order valence-corrected chi connectivity index (χ2v) is 6.02. The van der Waals surface area contributed by atoms with E-state index in [0.29, 0.717) is 10.9 Å². The normalized spacial score (nSPS) is 17.6. The van der Waals surface area contributed by atoms with Crippen molar-refractivity contribution in [2.45, 2.75) is 19.3 Å². The van der Waals surface area contributed by atoms with E-state index in [0.717, 1.165) is 12.8 Å². The lowest BCUT2D eigenvalue weighted by Crippen LogP contribution is -2.24.